The predicted octanol–water partition coefficient (Wildman–Crippen LogP) is 2.44. The molecule has 1 aromatic carbocycles. The molecule has 22 heavy (non-hydrogen) atoms. The first-order chi connectivity index (χ1) is 10.4. The molecule has 1 aliphatic heterocycles. The Labute approximate surface area is 131 Å². The molecule has 1 aliphatic rings. The summed E-state index contributed by atoms with van der Waals surface area (Å²) >= 11 is 0. The first-order valence-corrected chi connectivity index (χ1v) is 7.61. The lowest BCUT2D eigenvalue weighted by Gasteiger charge is -2.26. The summed E-state index contributed by atoms with van der Waals surface area (Å²) in [6, 6.07) is 9.68. The van der Waals surface area contributed by atoms with Crippen molar-refractivity contribution in [1.29, 1.82) is 0 Å². The number of carbonyl (C=O) groups is 1. The summed E-state index contributed by atoms with van der Waals surface area (Å²) in [6.07, 6.45) is -2.01. The fourth-order valence-corrected chi connectivity index (χ4v) is 2.70. The molecule has 0 radical (unpaired) electrons. The van der Waals surface area contributed by atoms with E-state index < -0.39 is 29.9 Å². The Hall–Kier alpha value is -1.43. The number of carbonyl (C=O) groups excluding carboxylic acids is 1. The van der Waals surface area contributed by atoms with Crippen LogP contribution in [0.1, 0.15) is 39.4 Å². The zero-order valence-electron chi connectivity index (χ0n) is 13.5. The topological polar surface area (TPSA) is 65.0 Å². The molecule has 0 saturated carbocycles. The van der Waals surface area contributed by atoms with Crippen molar-refractivity contribution >= 4 is 5.97 Å². The van der Waals surface area contributed by atoms with Crippen LogP contribution in [-0.4, -0.2) is 35.7 Å². The molecular weight excluding hydrogens is 284 g/mol. The third kappa shape index (κ3) is 3.66. The second-order valence-electron chi connectivity index (χ2n) is 5.99. The fraction of sp³-hybridized carbons (Fsp3) is 0.588. The summed E-state index contributed by atoms with van der Waals surface area (Å²) in [7, 11) is 0. The number of aliphatic hydroxyl groups is 1. The van der Waals surface area contributed by atoms with E-state index in [4.69, 9.17) is 14.2 Å². The molecule has 5 heteroatoms. The summed E-state index contributed by atoms with van der Waals surface area (Å²) in [4.78, 5) is 11.8. The van der Waals surface area contributed by atoms with Gasteiger partial charge in [-0.15, -0.1) is 0 Å². The van der Waals surface area contributed by atoms with Gasteiger partial charge in [0.1, 0.15) is 6.10 Å². The van der Waals surface area contributed by atoms with Gasteiger partial charge in [0, 0.05) is 5.92 Å². The van der Waals surface area contributed by atoms with E-state index in [0.717, 1.165) is 5.56 Å². The van der Waals surface area contributed by atoms with Crippen LogP contribution in [0.2, 0.25) is 0 Å². The number of aliphatic hydroxyl groups excluding tert-OH is 1. The minimum absolute atomic E-state index is 0.234. The van der Waals surface area contributed by atoms with Gasteiger partial charge in [-0.1, -0.05) is 37.3 Å². The van der Waals surface area contributed by atoms with Gasteiger partial charge in [0.2, 0.25) is 0 Å². The Bertz CT molecular complexity index is 499. The smallest absolute Gasteiger partial charge is 0.335 e. The molecule has 5 nitrogen and oxygen atoms in total. The summed E-state index contributed by atoms with van der Waals surface area (Å²) in [6.45, 7) is 7.37. The standard InChI is InChI=1S/C17H24O5/c1-5-20-16(19)13(18)11(2)14-15(22-17(3,4)21-14)12-9-7-6-8-10-12/h6-11,13-15,18H,5H2,1-4H3/t11-,13-,14+,15+/m0/s1. The Balaban J connectivity index is 2.21. The molecule has 1 aromatic rings. The van der Waals surface area contributed by atoms with Crippen LogP contribution in [0.15, 0.2) is 30.3 Å². The van der Waals surface area contributed by atoms with Crippen LogP contribution in [0.3, 0.4) is 0 Å². The lowest BCUT2D eigenvalue weighted by atomic mass is 9.91. The van der Waals surface area contributed by atoms with Gasteiger partial charge in [-0.05, 0) is 26.3 Å². The monoisotopic (exact) mass is 308 g/mol. The van der Waals surface area contributed by atoms with Gasteiger partial charge in [0.15, 0.2) is 11.9 Å². The molecule has 1 saturated heterocycles. The SMILES string of the molecule is CCOC(=O)[C@@H](O)[C@H](C)[C@H]1OC(C)(C)O[C@@H]1c1ccccc1. The minimum atomic E-state index is -1.24. The second-order valence-corrected chi connectivity index (χ2v) is 5.99. The molecule has 0 aliphatic carbocycles. The maximum absolute atomic E-state index is 11.8. The lowest BCUT2D eigenvalue weighted by molar-refractivity contribution is -0.167. The van der Waals surface area contributed by atoms with Crippen molar-refractivity contribution in [2.24, 2.45) is 5.92 Å². The third-order valence-electron chi connectivity index (χ3n) is 3.80. The number of esters is 1. The molecule has 0 aromatic heterocycles. The average molecular weight is 308 g/mol. The maximum atomic E-state index is 11.8. The van der Waals surface area contributed by atoms with E-state index in [1.807, 2.05) is 44.2 Å². The van der Waals surface area contributed by atoms with E-state index in [-0.39, 0.29) is 12.7 Å². The molecule has 1 N–H and O–H groups in total. The molecular formula is C17H24O5. The van der Waals surface area contributed by atoms with Crippen molar-refractivity contribution in [2.75, 3.05) is 6.61 Å². The van der Waals surface area contributed by atoms with E-state index in [0.29, 0.717) is 0 Å². The number of benzene rings is 1. The first-order valence-electron chi connectivity index (χ1n) is 7.61. The summed E-state index contributed by atoms with van der Waals surface area (Å²) in [5.74, 6) is -1.85. The highest BCUT2D eigenvalue weighted by Crippen LogP contribution is 2.42. The number of hydrogen-bond donors (Lipinski definition) is 1. The van der Waals surface area contributed by atoms with Crippen LogP contribution in [-0.2, 0) is 19.0 Å². The van der Waals surface area contributed by atoms with E-state index >= 15 is 0 Å². The van der Waals surface area contributed by atoms with Crippen LogP contribution >= 0.6 is 0 Å². The first kappa shape index (κ1) is 16.9. The predicted molar refractivity (Wildman–Crippen MR) is 81.0 cm³/mol. The maximum Gasteiger partial charge on any atom is 0.335 e. The van der Waals surface area contributed by atoms with Gasteiger partial charge in [-0.3, -0.25) is 0 Å². The Morgan fingerprint density at radius 2 is 1.95 bits per heavy atom. The molecule has 0 unspecified atom stereocenters. The van der Waals surface area contributed by atoms with Crippen molar-refractivity contribution in [2.45, 2.75) is 51.8 Å². The molecule has 0 spiro atoms. The van der Waals surface area contributed by atoms with Crippen LogP contribution in [0.5, 0.6) is 0 Å². The van der Waals surface area contributed by atoms with Gasteiger partial charge < -0.3 is 19.3 Å². The lowest BCUT2D eigenvalue weighted by Crippen LogP contribution is -2.39. The van der Waals surface area contributed by atoms with Crippen molar-refractivity contribution in [3.63, 3.8) is 0 Å². The van der Waals surface area contributed by atoms with E-state index in [1.165, 1.54) is 0 Å². The summed E-state index contributed by atoms with van der Waals surface area (Å²) < 4.78 is 16.8. The van der Waals surface area contributed by atoms with Gasteiger partial charge >= 0.3 is 5.97 Å². The van der Waals surface area contributed by atoms with Gasteiger partial charge in [0.05, 0.1) is 12.7 Å². The quantitative estimate of drug-likeness (QED) is 0.846. The molecule has 122 valence electrons. The second kappa shape index (κ2) is 6.77. The fourth-order valence-electron chi connectivity index (χ4n) is 2.70. The minimum Gasteiger partial charge on any atom is -0.464 e. The van der Waals surface area contributed by atoms with E-state index in [1.54, 1.807) is 13.8 Å². The zero-order chi connectivity index (χ0) is 16.3. The number of ether oxygens (including phenoxy) is 3. The molecule has 1 fully saturated rings. The number of rotatable bonds is 5. The van der Waals surface area contributed by atoms with E-state index in [2.05, 4.69) is 0 Å². The summed E-state index contributed by atoms with van der Waals surface area (Å²) in [5.41, 5.74) is 0.959. The zero-order valence-corrected chi connectivity index (χ0v) is 13.5. The molecule has 4 atom stereocenters. The van der Waals surface area contributed by atoms with Crippen molar-refractivity contribution in [3.05, 3.63) is 35.9 Å². The Morgan fingerprint density at radius 1 is 1.32 bits per heavy atom. The highest BCUT2D eigenvalue weighted by Gasteiger charge is 2.47. The number of hydrogen-bond acceptors (Lipinski definition) is 5. The third-order valence-corrected chi connectivity index (χ3v) is 3.80. The molecule has 0 bridgehead atoms. The molecule has 2 rings (SSSR count). The van der Waals surface area contributed by atoms with Crippen molar-refractivity contribution in [1.82, 2.24) is 0 Å². The van der Waals surface area contributed by atoms with Crippen molar-refractivity contribution < 1.29 is 24.1 Å². The highest BCUT2D eigenvalue weighted by molar-refractivity contribution is 5.74. The van der Waals surface area contributed by atoms with Crippen LogP contribution in [0.25, 0.3) is 0 Å². The summed E-state index contributed by atoms with van der Waals surface area (Å²) in [5, 5.41) is 10.2. The van der Waals surface area contributed by atoms with Crippen LogP contribution in [0.4, 0.5) is 0 Å². The normalized spacial score (nSPS) is 26.4. The highest BCUT2D eigenvalue weighted by atomic mass is 16.8. The van der Waals surface area contributed by atoms with Crippen molar-refractivity contribution in [3.8, 4) is 0 Å². The van der Waals surface area contributed by atoms with Gasteiger partial charge in [-0.25, -0.2) is 4.79 Å². The van der Waals surface area contributed by atoms with Crippen LogP contribution < -0.4 is 0 Å². The Morgan fingerprint density at radius 3 is 2.55 bits per heavy atom. The molecule has 0 amide bonds. The largest absolute Gasteiger partial charge is 0.464 e. The van der Waals surface area contributed by atoms with E-state index in [9.17, 15) is 9.90 Å². The van der Waals surface area contributed by atoms with Gasteiger partial charge in [0.25, 0.3) is 0 Å². The van der Waals surface area contributed by atoms with Gasteiger partial charge in [-0.2, -0.15) is 0 Å². The Kier molecular flexibility index (Phi) is 5.21. The molecule has 1 heterocycles. The van der Waals surface area contributed by atoms with Crippen LogP contribution in [0, 0.1) is 5.92 Å². The average Bonchev–Trinajstić information content (AvgIpc) is 2.83.